The third-order valence-corrected chi connectivity index (χ3v) is 3.99. The fourth-order valence-corrected chi connectivity index (χ4v) is 2.81. The summed E-state index contributed by atoms with van der Waals surface area (Å²) in [6.07, 6.45) is 1.89. The molecule has 3 nitrogen and oxygen atoms in total. The van der Waals surface area contributed by atoms with Gasteiger partial charge in [0.2, 0.25) is 0 Å². The third kappa shape index (κ3) is 4.11. The molecule has 3 aromatic rings. The van der Waals surface area contributed by atoms with Gasteiger partial charge in [-0.3, -0.25) is 0 Å². The van der Waals surface area contributed by atoms with Crippen molar-refractivity contribution in [3.8, 4) is 0 Å². The normalized spacial score (nSPS) is 10.5. The highest BCUT2D eigenvalue weighted by molar-refractivity contribution is 9.10. The molecule has 1 aromatic heterocycles. The van der Waals surface area contributed by atoms with Crippen LogP contribution in [0.3, 0.4) is 0 Å². The molecule has 0 unspecified atom stereocenters. The Morgan fingerprint density at radius 2 is 1.74 bits per heavy atom. The van der Waals surface area contributed by atoms with Gasteiger partial charge >= 0.3 is 5.97 Å². The van der Waals surface area contributed by atoms with E-state index >= 15 is 0 Å². The molecule has 116 valence electrons. The summed E-state index contributed by atoms with van der Waals surface area (Å²) in [5, 5.41) is 0. The molecule has 0 aliphatic heterocycles. The summed E-state index contributed by atoms with van der Waals surface area (Å²) in [5.74, 6) is -0.311. The number of esters is 1. The summed E-state index contributed by atoms with van der Waals surface area (Å²) in [6.45, 7) is 0.907. The minimum absolute atomic E-state index is 0.280. The van der Waals surface area contributed by atoms with Crippen LogP contribution in [0, 0.1) is 0 Å². The van der Waals surface area contributed by atoms with E-state index in [0.29, 0.717) is 12.2 Å². The zero-order valence-corrected chi connectivity index (χ0v) is 14.1. The van der Waals surface area contributed by atoms with Crippen LogP contribution in [0.4, 0.5) is 0 Å². The van der Waals surface area contributed by atoms with E-state index in [1.165, 1.54) is 0 Å². The Balaban J connectivity index is 1.69. The van der Waals surface area contributed by atoms with Crippen molar-refractivity contribution in [3.05, 3.63) is 94.2 Å². The molecule has 0 bridgehead atoms. The number of carbonyl (C=O) groups excluding carboxylic acids is 1. The van der Waals surface area contributed by atoms with E-state index in [9.17, 15) is 4.79 Å². The number of nitrogens with zero attached hydrogens (tertiary/aromatic N) is 1. The topological polar surface area (TPSA) is 31.2 Å². The number of hydrogen-bond acceptors (Lipinski definition) is 2. The molecule has 0 fully saturated rings. The van der Waals surface area contributed by atoms with Crippen molar-refractivity contribution in [2.24, 2.45) is 0 Å². The van der Waals surface area contributed by atoms with Crippen LogP contribution in [0.5, 0.6) is 0 Å². The van der Waals surface area contributed by atoms with Crippen LogP contribution in [-0.4, -0.2) is 10.5 Å². The van der Waals surface area contributed by atoms with Crippen molar-refractivity contribution < 1.29 is 9.53 Å². The Labute approximate surface area is 143 Å². The highest BCUT2D eigenvalue weighted by Crippen LogP contribution is 2.15. The minimum atomic E-state index is -0.311. The second-order valence-corrected chi connectivity index (χ2v) is 6.13. The first kappa shape index (κ1) is 15.6. The summed E-state index contributed by atoms with van der Waals surface area (Å²) >= 11 is 3.46. The summed E-state index contributed by atoms with van der Waals surface area (Å²) < 4.78 is 8.33. The van der Waals surface area contributed by atoms with Gasteiger partial charge in [-0.25, -0.2) is 4.79 Å². The molecule has 0 saturated carbocycles. The molecule has 0 spiro atoms. The fraction of sp³-hybridized carbons (Fsp3) is 0.105. The van der Waals surface area contributed by atoms with Crippen molar-refractivity contribution in [2.45, 2.75) is 13.2 Å². The Kier molecular flexibility index (Phi) is 4.93. The number of carbonyl (C=O) groups is 1. The molecule has 0 aliphatic rings. The molecule has 0 saturated heterocycles. The van der Waals surface area contributed by atoms with Crippen LogP contribution in [0.25, 0.3) is 0 Å². The van der Waals surface area contributed by atoms with E-state index in [-0.39, 0.29) is 12.6 Å². The number of aromatic nitrogens is 1. The molecule has 4 heteroatoms. The molecule has 3 rings (SSSR count). The van der Waals surface area contributed by atoms with Crippen molar-refractivity contribution >= 4 is 21.9 Å². The van der Waals surface area contributed by atoms with Crippen LogP contribution in [-0.2, 0) is 17.9 Å². The second-order valence-electron chi connectivity index (χ2n) is 5.21. The predicted octanol–water partition coefficient (Wildman–Crippen LogP) is 4.66. The molecule has 2 aromatic carbocycles. The second kappa shape index (κ2) is 7.29. The maximum absolute atomic E-state index is 12.3. The Morgan fingerprint density at radius 1 is 0.957 bits per heavy atom. The molecular weight excluding hydrogens is 354 g/mol. The number of benzene rings is 2. The largest absolute Gasteiger partial charge is 0.456 e. The van der Waals surface area contributed by atoms with E-state index in [0.717, 1.165) is 15.6 Å². The van der Waals surface area contributed by atoms with Crippen LogP contribution < -0.4 is 0 Å². The predicted molar refractivity (Wildman–Crippen MR) is 93.2 cm³/mol. The van der Waals surface area contributed by atoms with E-state index in [4.69, 9.17) is 4.74 Å². The first-order valence-corrected chi connectivity index (χ1v) is 8.12. The average molecular weight is 370 g/mol. The lowest BCUT2D eigenvalue weighted by atomic mass is 10.2. The summed E-state index contributed by atoms with van der Waals surface area (Å²) in [5.41, 5.74) is 2.65. The van der Waals surface area contributed by atoms with Gasteiger partial charge < -0.3 is 9.30 Å². The van der Waals surface area contributed by atoms with Gasteiger partial charge in [0.1, 0.15) is 12.3 Å². The highest BCUT2D eigenvalue weighted by Gasteiger charge is 2.12. The van der Waals surface area contributed by atoms with Crippen molar-refractivity contribution in [2.75, 3.05) is 0 Å². The van der Waals surface area contributed by atoms with Crippen LogP contribution in [0.1, 0.15) is 21.6 Å². The first-order valence-electron chi connectivity index (χ1n) is 7.33. The van der Waals surface area contributed by atoms with Gasteiger partial charge in [-0.1, -0.05) is 58.4 Å². The quantitative estimate of drug-likeness (QED) is 0.612. The Hall–Kier alpha value is -2.33. The first-order chi connectivity index (χ1) is 11.2. The molecule has 0 atom stereocenters. The minimum Gasteiger partial charge on any atom is -0.456 e. The van der Waals surface area contributed by atoms with Gasteiger partial charge in [0.15, 0.2) is 0 Å². The summed E-state index contributed by atoms with van der Waals surface area (Å²) in [6, 6.07) is 21.4. The van der Waals surface area contributed by atoms with Gasteiger partial charge in [-0.15, -0.1) is 0 Å². The van der Waals surface area contributed by atoms with Gasteiger partial charge in [-0.05, 0) is 35.4 Å². The number of ether oxygens (including phenoxy) is 1. The lowest BCUT2D eigenvalue weighted by Crippen LogP contribution is -2.12. The molecule has 0 amide bonds. The van der Waals surface area contributed by atoms with Crippen LogP contribution >= 0.6 is 15.9 Å². The number of halogens is 1. The molecule has 23 heavy (non-hydrogen) atoms. The van der Waals surface area contributed by atoms with Gasteiger partial charge in [-0.2, -0.15) is 0 Å². The maximum Gasteiger partial charge on any atom is 0.355 e. The average Bonchev–Trinajstić information content (AvgIpc) is 3.02. The Morgan fingerprint density at radius 3 is 2.52 bits per heavy atom. The lowest BCUT2D eigenvalue weighted by molar-refractivity contribution is 0.0460. The number of rotatable bonds is 5. The molecule has 0 N–H and O–H groups in total. The van der Waals surface area contributed by atoms with Crippen molar-refractivity contribution in [3.63, 3.8) is 0 Å². The highest BCUT2D eigenvalue weighted by atomic mass is 79.9. The van der Waals surface area contributed by atoms with E-state index in [2.05, 4.69) is 15.9 Å². The Bertz CT molecular complexity index is 796. The SMILES string of the molecule is O=C(OCc1ccccc1)c1cccn1Cc1cccc(Br)c1. The van der Waals surface area contributed by atoms with Crippen LogP contribution in [0.15, 0.2) is 77.4 Å². The zero-order chi connectivity index (χ0) is 16.1. The fourth-order valence-electron chi connectivity index (χ4n) is 2.37. The van der Waals surface area contributed by atoms with Gasteiger partial charge in [0.05, 0.1) is 0 Å². The summed E-state index contributed by atoms with van der Waals surface area (Å²) in [4.78, 5) is 12.3. The monoisotopic (exact) mass is 369 g/mol. The van der Waals surface area contributed by atoms with Crippen molar-refractivity contribution in [1.82, 2.24) is 4.57 Å². The summed E-state index contributed by atoms with van der Waals surface area (Å²) in [7, 11) is 0. The zero-order valence-electron chi connectivity index (χ0n) is 12.5. The van der Waals surface area contributed by atoms with E-state index in [1.54, 1.807) is 6.07 Å². The van der Waals surface area contributed by atoms with Gasteiger partial charge in [0, 0.05) is 17.2 Å². The smallest absolute Gasteiger partial charge is 0.355 e. The lowest BCUT2D eigenvalue weighted by Gasteiger charge is -2.10. The number of hydrogen-bond donors (Lipinski definition) is 0. The van der Waals surface area contributed by atoms with E-state index < -0.39 is 0 Å². The molecule has 1 heterocycles. The van der Waals surface area contributed by atoms with Crippen molar-refractivity contribution in [1.29, 1.82) is 0 Å². The molecule has 0 aliphatic carbocycles. The third-order valence-electron chi connectivity index (χ3n) is 3.49. The molecule has 0 radical (unpaired) electrons. The van der Waals surface area contributed by atoms with Gasteiger partial charge in [0.25, 0.3) is 0 Å². The maximum atomic E-state index is 12.3. The van der Waals surface area contributed by atoms with E-state index in [1.807, 2.05) is 71.4 Å². The molecular formula is C19H16BrNO2. The van der Waals surface area contributed by atoms with Crippen LogP contribution in [0.2, 0.25) is 0 Å². The standard InChI is InChI=1S/C19H16BrNO2/c20-17-9-4-8-16(12-17)13-21-11-5-10-18(21)19(22)23-14-15-6-2-1-3-7-15/h1-12H,13-14H2.